The smallest absolute Gasteiger partial charge is 0.128 e. The lowest BCUT2D eigenvalue weighted by atomic mass is 9.97. The summed E-state index contributed by atoms with van der Waals surface area (Å²) in [4.78, 5) is 0. The lowest BCUT2D eigenvalue weighted by Crippen LogP contribution is -2.04. The molecule has 0 atom stereocenters. The molecule has 0 unspecified atom stereocenters. The summed E-state index contributed by atoms with van der Waals surface area (Å²) in [5.74, 6) is 0.668. The number of hydrogen-bond donors (Lipinski definition) is 2. The minimum atomic E-state index is 0.0780. The second-order valence-corrected chi connectivity index (χ2v) is 3.90. The molecule has 1 aliphatic carbocycles. The molecule has 0 heterocycles. The van der Waals surface area contributed by atoms with Crippen LogP contribution in [0, 0.1) is 5.41 Å². The molecule has 3 heteroatoms. The van der Waals surface area contributed by atoms with Crippen LogP contribution in [0.3, 0.4) is 0 Å². The van der Waals surface area contributed by atoms with E-state index in [1.807, 2.05) is 18.2 Å². The van der Waals surface area contributed by atoms with Crippen LogP contribution in [-0.2, 0) is 0 Å². The molecule has 0 amide bonds. The summed E-state index contributed by atoms with van der Waals surface area (Å²) in [6.07, 6.45) is 7.96. The molecule has 0 saturated carbocycles. The van der Waals surface area contributed by atoms with Crippen LogP contribution in [0.2, 0.25) is 0 Å². The van der Waals surface area contributed by atoms with Gasteiger partial charge in [-0.25, -0.2) is 0 Å². The van der Waals surface area contributed by atoms with E-state index in [1.54, 1.807) is 19.2 Å². The molecule has 0 aromatic heterocycles. The zero-order valence-corrected chi connectivity index (χ0v) is 9.73. The Balaban J connectivity index is 2.31. The van der Waals surface area contributed by atoms with E-state index in [9.17, 15) is 5.11 Å². The summed E-state index contributed by atoms with van der Waals surface area (Å²) in [6, 6.07) is 4.98. The Labute approximate surface area is 101 Å². The second-order valence-electron chi connectivity index (χ2n) is 3.90. The molecule has 88 valence electrons. The first-order valence-corrected chi connectivity index (χ1v) is 5.55. The van der Waals surface area contributed by atoms with Gasteiger partial charge in [-0.15, -0.1) is 0 Å². The van der Waals surface area contributed by atoms with E-state index in [0.29, 0.717) is 17.0 Å². The Hall–Kier alpha value is -2.03. The fraction of sp³-hybridized carbons (Fsp3) is 0.214. The van der Waals surface area contributed by atoms with Crippen molar-refractivity contribution in [2.75, 3.05) is 7.11 Å². The molecule has 1 aromatic rings. The van der Waals surface area contributed by atoms with E-state index in [-0.39, 0.29) is 5.75 Å². The van der Waals surface area contributed by atoms with Crippen LogP contribution in [0.4, 0.5) is 0 Å². The summed E-state index contributed by atoms with van der Waals surface area (Å²) in [7, 11) is 1.55. The summed E-state index contributed by atoms with van der Waals surface area (Å²) in [5.41, 5.74) is 1.74. The average molecular weight is 229 g/mol. The number of benzene rings is 1. The van der Waals surface area contributed by atoms with Crippen molar-refractivity contribution < 1.29 is 9.84 Å². The molecule has 0 aliphatic heterocycles. The van der Waals surface area contributed by atoms with E-state index < -0.39 is 0 Å². The minimum absolute atomic E-state index is 0.0780. The van der Waals surface area contributed by atoms with Gasteiger partial charge in [0, 0.05) is 11.6 Å². The monoisotopic (exact) mass is 229 g/mol. The van der Waals surface area contributed by atoms with Gasteiger partial charge in [0.25, 0.3) is 0 Å². The van der Waals surface area contributed by atoms with Gasteiger partial charge in [0.05, 0.1) is 12.8 Å². The molecule has 1 aromatic carbocycles. The molecule has 17 heavy (non-hydrogen) atoms. The molecular formula is C14H15NO2. The number of nitrogens with one attached hydrogen (secondary N) is 1. The van der Waals surface area contributed by atoms with Crippen molar-refractivity contribution in [2.24, 2.45) is 0 Å². The largest absolute Gasteiger partial charge is 0.507 e. The normalized spacial score (nSPS) is 14.3. The van der Waals surface area contributed by atoms with Crippen LogP contribution in [0.1, 0.15) is 18.4 Å². The first kappa shape index (κ1) is 11.5. The second kappa shape index (κ2) is 4.87. The average Bonchev–Trinajstić information content (AvgIpc) is 2.39. The van der Waals surface area contributed by atoms with Gasteiger partial charge in [0.15, 0.2) is 0 Å². The van der Waals surface area contributed by atoms with E-state index in [1.165, 1.54) is 6.07 Å². The van der Waals surface area contributed by atoms with Gasteiger partial charge in [0.2, 0.25) is 0 Å². The van der Waals surface area contributed by atoms with Crippen LogP contribution in [-0.4, -0.2) is 17.9 Å². The Kier molecular flexibility index (Phi) is 3.28. The summed E-state index contributed by atoms with van der Waals surface area (Å²) >= 11 is 0. The van der Waals surface area contributed by atoms with E-state index >= 15 is 0 Å². The van der Waals surface area contributed by atoms with Crippen molar-refractivity contribution in [1.29, 1.82) is 5.41 Å². The molecule has 2 rings (SSSR count). The highest BCUT2D eigenvalue weighted by Crippen LogP contribution is 2.26. The maximum Gasteiger partial charge on any atom is 0.128 e. The number of allylic oxidation sites excluding steroid dienone is 4. The minimum Gasteiger partial charge on any atom is -0.507 e. The van der Waals surface area contributed by atoms with E-state index in [4.69, 9.17) is 10.1 Å². The Morgan fingerprint density at radius 1 is 1.35 bits per heavy atom. The zero-order valence-electron chi connectivity index (χ0n) is 9.73. The molecule has 0 bridgehead atoms. The fourth-order valence-corrected chi connectivity index (χ4v) is 1.80. The molecule has 0 fully saturated rings. The number of phenolic OH excluding ortho intramolecular Hbond substituents is 1. The van der Waals surface area contributed by atoms with Crippen LogP contribution in [0.25, 0.3) is 0 Å². The van der Waals surface area contributed by atoms with Crippen molar-refractivity contribution in [3.05, 3.63) is 47.6 Å². The van der Waals surface area contributed by atoms with Crippen LogP contribution in [0.5, 0.6) is 11.5 Å². The summed E-state index contributed by atoms with van der Waals surface area (Å²) in [6.45, 7) is 0. The Morgan fingerprint density at radius 3 is 2.76 bits per heavy atom. The molecule has 3 nitrogen and oxygen atoms in total. The molecule has 0 spiro atoms. The highest BCUT2D eigenvalue weighted by Gasteiger charge is 2.12. The van der Waals surface area contributed by atoms with Crippen molar-refractivity contribution >= 4 is 5.71 Å². The highest BCUT2D eigenvalue weighted by molar-refractivity contribution is 6.14. The van der Waals surface area contributed by atoms with E-state index in [0.717, 1.165) is 18.4 Å². The fourth-order valence-electron chi connectivity index (χ4n) is 1.80. The number of aromatic hydroxyl groups is 1. The molecule has 1 aliphatic rings. The van der Waals surface area contributed by atoms with Gasteiger partial charge in [-0.2, -0.15) is 0 Å². The van der Waals surface area contributed by atoms with Crippen molar-refractivity contribution in [1.82, 2.24) is 0 Å². The zero-order chi connectivity index (χ0) is 12.3. The predicted octanol–water partition coefficient (Wildman–Crippen LogP) is 3.05. The molecule has 0 radical (unpaired) electrons. The van der Waals surface area contributed by atoms with Gasteiger partial charge in [-0.1, -0.05) is 18.2 Å². The third kappa shape index (κ3) is 2.38. The van der Waals surface area contributed by atoms with Gasteiger partial charge in [-0.05, 0) is 30.5 Å². The third-order valence-corrected chi connectivity index (χ3v) is 2.76. The van der Waals surface area contributed by atoms with Gasteiger partial charge in [0.1, 0.15) is 11.5 Å². The number of methoxy groups -OCH3 is 1. The number of rotatable bonds is 3. The third-order valence-electron chi connectivity index (χ3n) is 2.76. The maximum absolute atomic E-state index is 9.85. The predicted molar refractivity (Wildman–Crippen MR) is 67.9 cm³/mol. The van der Waals surface area contributed by atoms with Gasteiger partial charge < -0.3 is 9.84 Å². The van der Waals surface area contributed by atoms with Crippen LogP contribution >= 0.6 is 0 Å². The SMILES string of the molecule is COc1ccc(C(=N)C2=CCCC=C2)c(O)c1. The first-order chi connectivity index (χ1) is 8.22. The maximum atomic E-state index is 9.85. The quantitative estimate of drug-likeness (QED) is 0.783. The summed E-state index contributed by atoms with van der Waals surface area (Å²) < 4.78 is 5.02. The van der Waals surface area contributed by atoms with E-state index in [2.05, 4.69) is 0 Å². The van der Waals surface area contributed by atoms with Crippen molar-refractivity contribution in [2.45, 2.75) is 12.8 Å². The van der Waals surface area contributed by atoms with Crippen molar-refractivity contribution in [3.63, 3.8) is 0 Å². The first-order valence-electron chi connectivity index (χ1n) is 5.55. The standard InChI is InChI=1S/C14H15NO2/c1-17-11-7-8-12(13(16)9-11)14(15)10-5-3-2-4-6-10/h3,5-9,15-16H,2,4H2,1H3. The highest BCUT2D eigenvalue weighted by atomic mass is 16.5. The lowest BCUT2D eigenvalue weighted by Gasteiger charge is -2.11. The number of ether oxygens (including phenoxy) is 1. The van der Waals surface area contributed by atoms with Crippen LogP contribution in [0.15, 0.2) is 42.0 Å². The molecular weight excluding hydrogens is 214 g/mol. The number of phenols is 1. The van der Waals surface area contributed by atoms with Gasteiger partial charge >= 0.3 is 0 Å². The Morgan fingerprint density at radius 2 is 2.18 bits per heavy atom. The summed E-state index contributed by atoms with van der Waals surface area (Å²) in [5, 5.41) is 17.9. The molecule has 2 N–H and O–H groups in total. The Bertz CT molecular complexity index is 501. The number of hydrogen-bond acceptors (Lipinski definition) is 3. The van der Waals surface area contributed by atoms with Crippen LogP contribution < -0.4 is 4.74 Å². The van der Waals surface area contributed by atoms with Gasteiger partial charge in [-0.3, -0.25) is 5.41 Å². The topological polar surface area (TPSA) is 53.3 Å². The van der Waals surface area contributed by atoms with Crippen molar-refractivity contribution in [3.8, 4) is 11.5 Å². The lowest BCUT2D eigenvalue weighted by molar-refractivity contribution is 0.407. The molecule has 0 saturated heterocycles.